The average Bonchev–Trinajstić information content (AvgIpc) is 2.74. The maximum Gasteiger partial charge on any atom is 0.290 e. The Morgan fingerprint density at radius 1 is 1.10 bits per heavy atom. The molecule has 1 fully saturated rings. The Bertz CT molecular complexity index is 963. The molecule has 7 heteroatoms. The van der Waals surface area contributed by atoms with E-state index in [2.05, 4.69) is 57.3 Å². The molecule has 2 heterocycles. The van der Waals surface area contributed by atoms with Crippen LogP contribution in [0.5, 0.6) is 0 Å². The summed E-state index contributed by atoms with van der Waals surface area (Å²) in [5, 5.41) is 20.2. The van der Waals surface area contributed by atoms with E-state index in [0.29, 0.717) is 6.54 Å². The van der Waals surface area contributed by atoms with E-state index in [9.17, 15) is 5.11 Å². The highest BCUT2D eigenvalue weighted by molar-refractivity contribution is 5.83. The van der Waals surface area contributed by atoms with Gasteiger partial charge in [0, 0.05) is 45.5 Å². The molecule has 2 N–H and O–H groups in total. The molecule has 29 heavy (non-hydrogen) atoms. The Labute approximate surface area is 170 Å². The number of aromatic nitrogens is 2. The molecule has 152 valence electrons. The predicted octanol–water partition coefficient (Wildman–Crippen LogP) is 2.75. The number of rotatable bonds is 3. The number of fused-ring (bicyclic) bond motifs is 1. The van der Waals surface area contributed by atoms with Gasteiger partial charge in [-0.15, -0.1) is 0 Å². The van der Waals surface area contributed by atoms with E-state index in [-0.39, 0.29) is 12.4 Å². The summed E-state index contributed by atoms with van der Waals surface area (Å²) in [7, 11) is 3.93. The summed E-state index contributed by atoms with van der Waals surface area (Å²) in [4.78, 5) is 21.4. The molecule has 3 aromatic rings. The first kappa shape index (κ1) is 20.5. The van der Waals surface area contributed by atoms with Crippen molar-refractivity contribution < 1.29 is 15.0 Å². The number of hydrogen-bond acceptors (Lipinski definition) is 6. The average molecular weight is 394 g/mol. The quantitative estimate of drug-likeness (QED) is 0.660. The number of aliphatic hydroxyl groups is 1. The fourth-order valence-electron chi connectivity index (χ4n) is 3.81. The van der Waals surface area contributed by atoms with E-state index >= 15 is 0 Å². The van der Waals surface area contributed by atoms with Gasteiger partial charge in [0.15, 0.2) is 11.6 Å². The van der Waals surface area contributed by atoms with Crippen LogP contribution in [0.15, 0.2) is 54.9 Å². The van der Waals surface area contributed by atoms with Crippen LogP contribution in [-0.2, 0) is 4.79 Å². The van der Waals surface area contributed by atoms with Crippen LogP contribution in [-0.4, -0.2) is 59.9 Å². The first-order chi connectivity index (χ1) is 14.0. The molecule has 0 bridgehead atoms. The van der Waals surface area contributed by atoms with Crippen molar-refractivity contribution in [3.8, 4) is 0 Å². The number of carboxylic acid groups (broad SMARTS) is 1. The van der Waals surface area contributed by atoms with Crippen molar-refractivity contribution in [2.24, 2.45) is 0 Å². The first-order valence-electron chi connectivity index (χ1n) is 9.53. The third-order valence-corrected chi connectivity index (χ3v) is 5.17. The predicted molar refractivity (Wildman–Crippen MR) is 115 cm³/mol. The van der Waals surface area contributed by atoms with Gasteiger partial charge in [-0.25, -0.2) is 9.97 Å². The minimum Gasteiger partial charge on any atom is -0.483 e. The van der Waals surface area contributed by atoms with Crippen LogP contribution < -0.4 is 9.80 Å². The molecule has 1 saturated heterocycles. The Morgan fingerprint density at radius 3 is 2.48 bits per heavy atom. The number of β-amino-alcohol motifs (C(OH)–C–C–N with tert-alkyl or cyclic N) is 1. The van der Waals surface area contributed by atoms with Gasteiger partial charge in [0.05, 0.1) is 6.10 Å². The topological polar surface area (TPSA) is 89.8 Å². The molecular formula is C22H26N4O3. The van der Waals surface area contributed by atoms with E-state index in [1.54, 1.807) is 12.4 Å². The first-order valence-corrected chi connectivity index (χ1v) is 9.53. The van der Waals surface area contributed by atoms with Gasteiger partial charge in [-0.3, -0.25) is 4.79 Å². The normalized spacial score (nSPS) is 18.7. The zero-order valence-corrected chi connectivity index (χ0v) is 16.6. The molecule has 0 radical (unpaired) electrons. The lowest BCUT2D eigenvalue weighted by molar-refractivity contribution is -0.122. The van der Waals surface area contributed by atoms with Crippen LogP contribution in [0.3, 0.4) is 0 Å². The van der Waals surface area contributed by atoms with Crippen molar-refractivity contribution in [3.63, 3.8) is 0 Å². The van der Waals surface area contributed by atoms with Crippen LogP contribution in [0, 0.1) is 0 Å². The number of anilines is 2. The summed E-state index contributed by atoms with van der Waals surface area (Å²) in [5.74, 6) is 1.83. The lowest BCUT2D eigenvalue weighted by atomic mass is 9.86. The summed E-state index contributed by atoms with van der Waals surface area (Å²) in [6.07, 6.45) is 3.88. The molecular weight excluding hydrogens is 368 g/mol. The van der Waals surface area contributed by atoms with Crippen molar-refractivity contribution >= 4 is 28.9 Å². The minimum absolute atomic E-state index is 0.148. The van der Waals surface area contributed by atoms with E-state index in [1.807, 2.05) is 19.0 Å². The van der Waals surface area contributed by atoms with Gasteiger partial charge in [0.1, 0.15) is 0 Å². The van der Waals surface area contributed by atoms with Gasteiger partial charge < -0.3 is 20.0 Å². The summed E-state index contributed by atoms with van der Waals surface area (Å²) >= 11 is 0. The van der Waals surface area contributed by atoms with Crippen molar-refractivity contribution in [2.45, 2.75) is 18.4 Å². The fraction of sp³-hybridized carbons (Fsp3) is 0.318. The molecule has 0 amide bonds. The summed E-state index contributed by atoms with van der Waals surface area (Å²) in [5.41, 5.74) is 1.21. The van der Waals surface area contributed by atoms with Gasteiger partial charge in [0.2, 0.25) is 0 Å². The van der Waals surface area contributed by atoms with Gasteiger partial charge in [0.25, 0.3) is 6.47 Å². The maximum absolute atomic E-state index is 10.9. The van der Waals surface area contributed by atoms with Crippen molar-refractivity contribution in [2.75, 3.05) is 37.0 Å². The van der Waals surface area contributed by atoms with Crippen LogP contribution in [0.25, 0.3) is 10.8 Å². The molecule has 7 nitrogen and oxygen atoms in total. The van der Waals surface area contributed by atoms with E-state index < -0.39 is 6.10 Å². The zero-order chi connectivity index (χ0) is 20.8. The second-order valence-electron chi connectivity index (χ2n) is 7.22. The number of benzene rings is 2. The lowest BCUT2D eigenvalue weighted by Gasteiger charge is -2.37. The highest BCUT2D eigenvalue weighted by Gasteiger charge is 2.31. The van der Waals surface area contributed by atoms with E-state index in [4.69, 9.17) is 9.90 Å². The summed E-state index contributed by atoms with van der Waals surface area (Å²) in [6, 6.07) is 14.9. The highest BCUT2D eigenvalue weighted by atomic mass is 16.3. The SMILES string of the molecule is CN(C)c1nccnc1N1CC[C@@H](c2ccc3ccccc3c2)[C@H](O)C1.O=CO. The van der Waals surface area contributed by atoms with Crippen molar-refractivity contribution in [3.05, 3.63) is 60.4 Å². The van der Waals surface area contributed by atoms with E-state index in [0.717, 1.165) is 24.6 Å². The molecule has 0 saturated carbocycles. The Hall–Kier alpha value is -3.19. The van der Waals surface area contributed by atoms with Gasteiger partial charge in [-0.05, 0) is 22.8 Å². The number of hydrogen-bond donors (Lipinski definition) is 2. The Kier molecular flexibility index (Phi) is 6.61. The standard InChI is InChI=1S/C21H24N4O.CH2O2/c1-24(2)20-21(23-11-10-22-20)25-12-9-18(19(26)14-25)17-8-7-15-5-3-4-6-16(15)13-17;2-1-3/h3-8,10-11,13,18-19,26H,9,12,14H2,1-2H3;1H,(H,2,3)/t18-,19+;/m0./s1. The number of carbonyl (C=O) groups is 1. The van der Waals surface area contributed by atoms with Crippen LogP contribution in [0.4, 0.5) is 11.6 Å². The molecule has 2 aromatic carbocycles. The monoisotopic (exact) mass is 394 g/mol. The summed E-state index contributed by atoms with van der Waals surface area (Å²) in [6.45, 7) is 1.17. The molecule has 1 aliphatic rings. The van der Waals surface area contributed by atoms with Gasteiger partial charge in [-0.2, -0.15) is 0 Å². The van der Waals surface area contributed by atoms with Crippen LogP contribution in [0.2, 0.25) is 0 Å². The largest absolute Gasteiger partial charge is 0.483 e. The molecule has 0 aliphatic carbocycles. The second-order valence-corrected chi connectivity index (χ2v) is 7.22. The number of nitrogens with zero attached hydrogens (tertiary/aromatic N) is 4. The zero-order valence-electron chi connectivity index (χ0n) is 16.6. The molecule has 2 atom stereocenters. The molecule has 0 spiro atoms. The Morgan fingerprint density at radius 2 is 1.79 bits per heavy atom. The number of aliphatic hydroxyl groups excluding tert-OH is 1. The molecule has 1 aromatic heterocycles. The number of piperidine rings is 1. The minimum atomic E-state index is -0.429. The van der Waals surface area contributed by atoms with Crippen molar-refractivity contribution in [1.82, 2.24) is 9.97 Å². The third kappa shape index (κ3) is 4.63. The lowest BCUT2D eigenvalue weighted by Crippen LogP contribution is -2.43. The van der Waals surface area contributed by atoms with E-state index in [1.165, 1.54) is 16.3 Å². The molecule has 0 unspecified atom stereocenters. The van der Waals surface area contributed by atoms with Crippen LogP contribution in [0.1, 0.15) is 17.9 Å². The molecule has 1 aliphatic heterocycles. The smallest absolute Gasteiger partial charge is 0.290 e. The van der Waals surface area contributed by atoms with Crippen LogP contribution >= 0.6 is 0 Å². The fourth-order valence-corrected chi connectivity index (χ4v) is 3.81. The van der Waals surface area contributed by atoms with Gasteiger partial charge >= 0.3 is 0 Å². The third-order valence-electron chi connectivity index (χ3n) is 5.17. The molecule has 4 rings (SSSR count). The van der Waals surface area contributed by atoms with Gasteiger partial charge in [-0.1, -0.05) is 42.5 Å². The van der Waals surface area contributed by atoms with Crippen molar-refractivity contribution in [1.29, 1.82) is 0 Å². The maximum atomic E-state index is 10.9. The summed E-state index contributed by atoms with van der Waals surface area (Å²) < 4.78 is 0. The second kappa shape index (κ2) is 9.34. The Balaban J connectivity index is 0.000000755. The highest BCUT2D eigenvalue weighted by Crippen LogP contribution is 2.33.